The highest BCUT2D eigenvalue weighted by Crippen LogP contribution is 2.28. The van der Waals surface area contributed by atoms with Gasteiger partial charge in [-0.2, -0.15) is 10.1 Å². The summed E-state index contributed by atoms with van der Waals surface area (Å²) in [6, 6.07) is 1.93. The number of piperidine rings is 1. The van der Waals surface area contributed by atoms with E-state index in [0.29, 0.717) is 23.4 Å². The smallest absolute Gasteiger partial charge is 0.268 e. The predicted octanol–water partition coefficient (Wildman–Crippen LogP) is 2.09. The van der Waals surface area contributed by atoms with Crippen LogP contribution in [0.15, 0.2) is 6.07 Å². The molecule has 4 heterocycles. The van der Waals surface area contributed by atoms with Crippen molar-refractivity contribution in [2.24, 2.45) is 7.05 Å². The van der Waals surface area contributed by atoms with Crippen molar-refractivity contribution in [3.63, 3.8) is 0 Å². The summed E-state index contributed by atoms with van der Waals surface area (Å²) in [5.41, 5.74) is 1.13. The summed E-state index contributed by atoms with van der Waals surface area (Å²) in [6.45, 7) is 3.32. The zero-order valence-electron chi connectivity index (χ0n) is 14.1. The second kappa shape index (κ2) is 7.82. The normalized spacial score (nSPS) is 17.6. The Morgan fingerprint density at radius 1 is 1.44 bits per heavy atom. The van der Waals surface area contributed by atoms with Gasteiger partial charge in [-0.05, 0) is 37.6 Å². The number of carbonyl (C=O) groups excluding carboxylic acids is 1. The number of amides is 1. The quantitative estimate of drug-likeness (QED) is 0.848. The number of ether oxygens (including phenoxy) is 1. The van der Waals surface area contributed by atoms with E-state index in [1.807, 2.05) is 13.1 Å². The molecule has 2 N–H and O–H groups in total. The van der Waals surface area contributed by atoms with Gasteiger partial charge in [0.2, 0.25) is 5.95 Å². The van der Waals surface area contributed by atoms with Gasteiger partial charge in [0.1, 0.15) is 0 Å². The Morgan fingerprint density at radius 2 is 2.24 bits per heavy atom. The molecule has 0 radical (unpaired) electrons. The minimum Gasteiger partial charge on any atom is -0.376 e. The Kier molecular flexibility index (Phi) is 5.73. The minimum absolute atomic E-state index is 0. The highest BCUT2D eigenvalue weighted by atomic mass is 35.5. The molecule has 7 nitrogen and oxygen atoms in total. The summed E-state index contributed by atoms with van der Waals surface area (Å²) >= 11 is 1.55. The topological polar surface area (TPSA) is 81.1 Å². The van der Waals surface area contributed by atoms with Crippen molar-refractivity contribution in [1.29, 1.82) is 0 Å². The number of halogens is 1. The van der Waals surface area contributed by atoms with Gasteiger partial charge in [-0.25, -0.2) is 4.68 Å². The van der Waals surface area contributed by atoms with Crippen LogP contribution in [0.25, 0.3) is 0 Å². The molecule has 2 aliphatic heterocycles. The average molecular weight is 384 g/mol. The molecule has 0 unspecified atom stereocenters. The van der Waals surface area contributed by atoms with Crippen LogP contribution >= 0.6 is 23.7 Å². The summed E-state index contributed by atoms with van der Waals surface area (Å²) < 4.78 is 7.10. The minimum atomic E-state index is -0.123. The lowest BCUT2D eigenvalue weighted by molar-refractivity contribution is 0.102. The Balaban J connectivity index is 0.00000182. The molecule has 0 spiro atoms. The molecule has 9 heteroatoms. The van der Waals surface area contributed by atoms with Crippen LogP contribution in [0.4, 0.5) is 5.95 Å². The first-order chi connectivity index (χ1) is 11.7. The van der Waals surface area contributed by atoms with Gasteiger partial charge >= 0.3 is 0 Å². The van der Waals surface area contributed by atoms with Crippen LogP contribution in [0, 0.1) is 0 Å². The van der Waals surface area contributed by atoms with Crippen molar-refractivity contribution in [3.8, 4) is 0 Å². The van der Waals surface area contributed by atoms with E-state index in [2.05, 4.69) is 20.7 Å². The molecule has 0 atom stereocenters. The van der Waals surface area contributed by atoms with Crippen molar-refractivity contribution in [1.82, 2.24) is 20.1 Å². The van der Waals surface area contributed by atoms with Crippen molar-refractivity contribution in [2.45, 2.75) is 31.8 Å². The van der Waals surface area contributed by atoms with Gasteiger partial charge in [0.15, 0.2) is 5.82 Å². The van der Waals surface area contributed by atoms with Gasteiger partial charge in [-0.1, -0.05) is 0 Å². The Hall–Kier alpha value is -1.48. The predicted molar refractivity (Wildman–Crippen MR) is 98.7 cm³/mol. The van der Waals surface area contributed by atoms with Crippen molar-refractivity contribution in [2.75, 3.05) is 25.0 Å². The molecule has 0 aliphatic carbocycles. The maximum Gasteiger partial charge on any atom is 0.268 e. The third-order valence-corrected chi connectivity index (χ3v) is 5.80. The molecular weight excluding hydrogens is 362 g/mol. The maximum absolute atomic E-state index is 12.5. The Labute approximate surface area is 156 Å². The highest BCUT2D eigenvalue weighted by Gasteiger charge is 2.23. The van der Waals surface area contributed by atoms with E-state index in [0.717, 1.165) is 50.3 Å². The van der Waals surface area contributed by atoms with Crippen LogP contribution < -0.4 is 10.6 Å². The van der Waals surface area contributed by atoms with Crippen LogP contribution in [0.1, 0.15) is 44.7 Å². The first kappa shape index (κ1) is 18.3. The van der Waals surface area contributed by atoms with Crippen molar-refractivity contribution < 1.29 is 9.53 Å². The number of thiophene rings is 1. The maximum atomic E-state index is 12.5. The van der Waals surface area contributed by atoms with Crippen LogP contribution in [-0.4, -0.2) is 40.4 Å². The largest absolute Gasteiger partial charge is 0.376 e. The van der Waals surface area contributed by atoms with Gasteiger partial charge in [0, 0.05) is 24.3 Å². The van der Waals surface area contributed by atoms with Gasteiger partial charge in [-0.15, -0.1) is 23.7 Å². The van der Waals surface area contributed by atoms with E-state index < -0.39 is 0 Å². The van der Waals surface area contributed by atoms with Crippen LogP contribution in [0.3, 0.4) is 0 Å². The van der Waals surface area contributed by atoms with Crippen LogP contribution in [0.2, 0.25) is 0 Å². The van der Waals surface area contributed by atoms with Crippen LogP contribution in [0.5, 0.6) is 0 Å². The first-order valence-corrected chi connectivity index (χ1v) is 9.14. The molecule has 2 aromatic rings. The highest BCUT2D eigenvalue weighted by molar-refractivity contribution is 7.14. The molecule has 25 heavy (non-hydrogen) atoms. The number of carbonyl (C=O) groups is 1. The average Bonchev–Trinajstić information content (AvgIpc) is 3.20. The first-order valence-electron chi connectivity index (χ1n) is 8.33. The summed E-state index contributed by atoms with van der Waals surface area (Å²) in [6.07, 6.45) is 2.96. The van der Waals surface area contributed by atoms with Gasteiger partial charge in [-0.3, -0.25) is 10.1 Å². The van der Waals surface area contributed by atoms with E-state index in [9.17, 15) is 4.79 Å². The molecule has 2 aliphatic rings. The Morgan fingerprint density at radius 3 is 3.00 bits per heavy atom. The number of nitrogens with zero attached hydrogens (tertiary/aromatic N) is 3. The van der Waals surface area contributed by atoms with Gasteiger partial charge < -0.3 is 10.1 Å². The number of anilines is 1. The number of aromatic nitrogens is 3. The molecule has 0 bridgehead atoms. The van der Waals surface area contributed by atoms with E-state index in [4.69, 9.17) is 4.74 Å². The second-order valence-electron chi connectivity index (χ2n) is 6.26. The molecule has 1 amide bonds. The van der Waals surface area contributed by atoms with E-state index in [1.165, 1.54) is 4.88 Å². The fraction of sp³-hybridized carbons (Fsp3) is 0.562. The number of fused-ring (bicyclic) bond motifs is 1. The third-order valence-electron chi connectivity index (χ3n) is 4.56. The van der Waals surface area contributed by atoms with Gasteiger partial charge in [0.25, 0.3) is 5.91 Å². The SMILES string of the molecule is Cl.Cn1nc(C2CCNCC2)nc1NC(=O)c1cc2c(s1)CCOC2. The summed E-state index contributed by atoms with van der Waals surface area (Å²) in [5, 5.41) is 10.7. The molecular formula is C16H22ClN5O2S. The van der Waals surface area contributed by atoms with Crippen molar-refractivity contribution in [3.05, 3.63) is 27.2 Å². The molecule has 136 valence electrons. The number of nitrogens with one attached hydrogen (secondary N) is 2. The molecule has 4 rings (SSSR count). The summed E-state index contributed by atoms with van der Waals surface area (Å²) in [4.78, 5) is 19.0. The summed E-state index contributed by atoms with van der Waals surface area (Å²) in [7, 11) is 1.82. The fourth-order valence-corrected chi connectivity index (χ4v) is 4.23. The standard InChI is InChI=1S/C16H21N5O2S.ClH/c1-21-16(18-14(20-21)10-2-5-17-6-3-10)19-15(22)13-8-11-9-23-7-4-12(11)24-13;/h8,10,17H,2-7,9H2,1H3,(H,18,19,20,22);1H. The van der Waals surface area contributed by atoms with Crippen molar-refractivity contribution >= 4 is 35.6 Å². The number of rotatable bonds is 3. The molecule has 0 aromatic carbocycles. The lowest BCUT2D eigenvalue weighted by Crippen LogP contribution is -2.27. The van der Waals surface area contributed by atoms with E-state index >= 15 is 0 Å². The zero-order valence-corrected chi connectivity index (χ0v) is 15.7. The van der Waals surface area contributed by atoms with Crippen LogP contribution in [-0.2, 0) is 24.8 Å². The van der Waals surface area contributed by atoms with E-state index in [-0.39, 0.29) is 18.3 Å². The fourth-order valence-electron chi connectivity index (χ4n) is 3.19. The second-order valence-corrected chi connectivity index (χ2v) is 7.39. The molecule has 0 saturated carbocycles. The van der Waals surface area contributed by atoms with E-state index in [1.54, 1.807) is 16.0 Å². The number of hydrogen-bond donors (Lipinski definition) is 2. The zero-order chi connectivity index (χ0) is 16.5. The summed E-state index contributed by atoms with van der Waals surface area (Å²) in [5.74, 6) is 1.58. The number of hydrogen-bond acceptors (Lipinski definition) is 6. The van der Waals surface area contributed by atoms with Gasteiger partial charge in [0.05, 0.1) is 18.1 Å². The lowest BCUT2D eigenvalue weighted by atomic mass is 9.98. The third kappa shape index (κ3) is 3.87. The Bertz CT molecular complexity index is 730. The molecule has 1 saturated heterocycles. The number of aryl methyl sites for hydroxylation is 1. The monoisotopic (exact) mass is 383 g/mol. The lowest BCUT2D eigenvalue weighted by Gasteiger charge is -2.19. The molecule has 2 aromatic heterocycles. The molecule has 1 fully saturated rings.